The molecule has 114 valence electrons. The molecule has 0 amide bonds. The first-order valence-electron chi connectivity index (χ1n) is 7.44. The maximum atomic E-state index is 14.0. The smallest absolute Gasteiger partial charge is 0.139 e. The number of aromatic nitrogens is 2. The molecule has 1 aromatic heterocycles. The summed E-state index contributed by atoms with van der Waals surface area (Å²) in [5.41, 5.74) is 1.67. The lowest BCUT2D eigenvalue weighted by Gasteiger charge is -2.36. The van der Waals surface area contributed by atoms with Crippen molar-refractivity contribution >= 4 is 38.6 Å². The molecular weight excluding hydrogens is 355 g/mol. The first-order chi connectivity index (χ1) is 10.0. The lowest BCUT2D eigenvalue weighted by Crippen LogP contribution is -2.28. The molecule has 0 N–H and O–H groups in total. The van der Waals surface area contributed by atoms with Gasteiger partial charge >= 0.3 is 0 Å². The van der Waals surface area contributed by atoms with Gasteiger partial charge in [0.1, 0.15) is 11.6 Å². The van der Waals surface area contributed by atoms with Crippen LogP contribution in [0.25, 0.3) is 11.0 Å². The summed E-state index contributed by atoms with van der Waals surface area (Å²) in [6.07, 6.45) is 3.58. The molecule has 0 spiro atoms. The van der Waals surface area contributed by atoms with E-state index in [0.717, 1.165) is 23.3 Å². The molecule has 0 bridgehead atoms. The van der Waals surface area contributed by atoms with Crippen LogP contribution in [0.4, 0.5) is 4.39 Å². The lowest BCUT2D eigenvalue weighted by atomic mass is 9.78. The fourth-order valence-corrected chi connectivity index (χ4v) is 4.04. The van der Waals surface area contributed by atoms with Gasteiger partial charge in [-0.15, -0.1) is 11.6 Å². The molecule has 3 rings (SSSR count). The maximum absolute atomic E-state index is 14.0. The van der Waals surface area contributed by atoms with Gasteiger partial charge in [0, 0.05) is 12.1 Å². The molecular formula is C16H19BrClFN2. The van der Waals surface area contributed by atoms with Gasteiger partial charge < -0.3 is 4.57 Å². The summed E-state index contributed by atoms with van der Waals surface area (Å²) in [7, 11) is 0. The molecule has 0 aliphatic heterocycles. The van der Waals surface area contributed by atoms with Crippen molar-refractivity contribution in [1.29, 1.82) is 0 Å². The quantitative estimate of drug-likeness (QED) is 0.620. The Balaban J connectivity index is 2.18. The van der Waals surface area contributed by atoms with Crippen LogP contribution in [0.2, 0.25) is 0 Å². The van der Waals surface area contributed by atoms with E-state index in [1.165, 1.54) is 12.8 Å². The summed E-state index contributed by atoms with van der Waals surface area (Å²) < 4.78 is 16.6. The van der Waals surface area contributed by atoms with Crippen LogP contribution in [0.15, 0.2) is 16.6 Å². The molecule has 21 heavy (non-hydrogen) atoms. The summed E-state index contributed by atoms with van der Waals surface area (Å²) in [6, 6.07) is 3.68. The van der Waals surface area contributed by atoms with Crippen molar-refractivity contribution in [2.75, 3.05) is 0 Å². The van der Waals surface area contributed by atoms with E-state index in [1.54, 1.807) is 12.1 Å². The van der Waals surface area contributed by atoms with Gasteiger partial charge in [-0.3, -0.25) is 0 Å². The van der Waals surface area contributed by atoms with Gasteiger partial charge in [-0.1, -0.05) is 26.7 Å². The van der Waals surface area contributed by atoms with E-state index in [0.29, 0.717) is 28.2 Å². The van der Waals surface area contributed by atoms with Crippen LogP contribution < -0.4 is 0 Å². The Morgan fingerprint density at radius 3 is 2.86 bits per heavy atom. The number of imidazole rings is 1. The van der Waals surface area contributed by atoms with Crippen LogP contribution in [0.3, 0.4) is 0 Å². The second kappa shape index (κ2) is 5.88. The average molecular weight is 374 g/mol. The summed E-state index contributed by atoms with van der Waals surface area (Å²) in [5, 5.41) is 0. The minimum atomic E-state index is -0.249. The minimum absolute atomic E-state index is 0.249. The van der Waals surface area contributed by atoms with Crippen molar-refractivity contribution in [2.24, 2.45) is 11.8 Å². The van der Waals surface area contributed by atoms with E-state index in [9.17, 15) is 4.39 Å². The van der Waals surface area contributed by atoms with Gasteiger partial charge in [0.25, 0.3) is 0 Å². The van der Waals surface area contributed by atoms with Crippen LogP contribution in [0.1, 0.15) is 45.0 Å². The Bertz CT molecular complexity index is 670. The Morgan fingerprint density at radius 1 is 1.38 bits per heavy atom. The zero-order valence-electron chi connectivity index (χ0n) is 12.2. The number of fused-ring (bicyclic) bond motifs is 1. The molecule has 1 saturated carbocycles. The summed E-state index contributed by atoms with van der Waals surface area (Å²) >= 11 is 9.33. The average Bonchev–Trinajstić information content (AvgIpc) is 2.80. The molecule has 2 nitrogen and oxygen atoms in total. The fraction of sp³-hybridized carbons (Fsp3) is 0.562. The van der Waals surface area contributed by atoms with E-state index >= 15 is 0 Å². The first-order valence-corrected chi connectivity index (χ1v) is 8.77. The van der Waals surface area contributed by atoms with Crippen LogP contribution >= 0.6 is 27.5 Å². The van der Waals surface area contributed by atoms with Gasteiger partial charge in [0.15, 0.2) is 0 Å². The number of rotatable bonds is 2. The SMILES string of the molecule is CC1CCCC(n2c(CCl)nc3cc(Br)c(F)cc32)C1C. The van der Waals surface area contributed by atoms with Gasteiger partial charge in [-0.2, -0.15) is 0 Å². The van der Waals surface area contributed by atoms with Gasteiger partial charge in [-0.25, -0.2) is 9.37 Å². The number of nitrogens with zero attached hydrogens (tertiary/aromatic N) is 2. The molecule has 2 aromatic rings. The third kappa shape index (κ3) is 2.61. The topological polar surface area (TPSA) is 17.8 Å². The van der Waals surface area contributed by atoms with E-state index in [2.05, 4.69) is 39.3 Å². The Morgan fingerprint density at radius 2 is 2.14 bits per heavy atom. The van der Waals surface area contributed by atoms with Crippen molar-refractivity contribution in [1.82, 2.24) is 9.55 Å². The monoisotopic (exact) mass is 372 g/mol. The molecule has 5 heteroatoms. The highest BCUT2D eigenvalue weighted by Crippen LogP contribution is 2.40. The molecule has 1 heterocycles. The predicted molar refractivity (Wildman–Crippen MR) is 88.2 cm³/mol. The Kier molecular flexibility index (Phi) is 4.28. The molecule has 1 aliphatic carbocycles. The molecule has 1 aromatic carbocycles. The standard InChI is InChI=1S/C16H19BrClFN2/c1-9-4-3-5-14(10(9)2)21-15-7-12(19)11(17)6-13(15)20-16(21)8-18/h6-7,9-10,14H,3-5,8H2,1-2H3. The number of hydrogen-bond donors (Lipinski definition) is 0. The van der Waals surface area contributed by atoms with Gasteiger partial charge in [-0.05, 0) is 40.3 Å². The third-order valence-electron chi connectivity index (χ3n) is 4.92. The molecule has 1 fully saturated rings. The second-order valence-corrected chi connectivity index (χ2v) is 7.24. The Labute approximate surface area is 137 Å². The highest BCUT2D eigenvalue weighted by atomic mass is 79.9. The van der Waals surface area contributed by atoms with E-state index in [-0.39, 0.29) is 5.82 Å². The molecule has 3 atom stereocenters. The zero-order chi connectivity index (χ0) is 15.1. The van der Waals surface area contributed by atoms with Crippen molar-refractivity contribution in [3.05, 3.63) is 28.2 Å². The highest BCUT2D eigenvalue weighted by Gasteiger charge is 2.31. The summed E-state index contributed by atoms with van der Waals surface area (Å²) in [4.78, 5) is 4.60. The summed E-state index contributed by atoms with van der Waals surface area (Å²) in [6.45, 7) is 4.58. The van der Waals surface area contributed by atoms with Crippen LogP contribution in [0.5, 0.6) is 0 Å². The van der Waals surface area contributed by atoms with Crippen LogP contribution in [-0.2, 0) is 5.88 Å². The van der Waals surface area contributed by atoms with Crippen molar-refractivity contribution in [3.8, 4) is 0 Å². The van der Waals surface area contributed by atoms with Gasteiger partial charge in [0.2, 0.25) is 0 Å². The third-order valence-corrected chi connectivity index (χ3v) is 5.77. The van der Waals surface area contributed by atoms with Crippen LogP contribution in [0, 0.1) is 17.7 Å². The highest BCUT2D eigenvalue weighted by molar-refractivity contribution is 9.10. The lowest BCUT2D eigenvalue weighted by molar-refractivity contribution is 0.187. The largest absolute Gasteiger partial charge is 0.323 e. The second-order valence-electron chi connectivity index (χ2n) is 6.12. The minimum Gasteiger partial charge on any atom is -0.323 e. The van der Waals surface area contributed by atoms with Gasteiger partial charge in [0.05, 0.1) is 21.4 Å². The molecule has 3 unspecified atom stereocenters. The number of alkyl halides is 1. The number of hydrogen-bond acceptors (Lipinski definition) is 1. The zero-order valence-corrected chi connectivity index (χ0v) is 14.6. The first kappa shape index (κ1) is 15.3. The van der Waals surface area contributed by atoms with E-state index < -0.39 is 0 Å². The van der Waals surface area contributed by atoms with Crippen LogP contribution in [-0.4, -0.2) is 9.55 Å². The van der Waals surface area contributed by atoms with Crippen molar-refractivity contribution in [3.63, 3.8) is 0 Å². The fourth-order valence-electron chi connectivity index (χ4n) is 3.52. The van der Waals surface area contributed by atoms with E-state index in [4.69, 9.17) is 11.6 Å². The normalized spacial score (nSPS) is 26.4. The maximum Gasteiger partial charge on any atom is 0.139 e. The van der Waals surface area contributed by atoms with Crippen molar-refractivity contribution < 1.29 is 4.39 Å². The number of benzene rings is 1. The molecule has 0 radical (unpaired) electrons. The predicted octanol–water partition coefficient (Wildman–Crippen LogP) is 5.67. The Hall–Kier alpha value is -0.610. The van der Waals surface area contributed by atoms with E-state index in [1.807, 2.05) is 0 Å². The molecule has 1 aliphatic rings. The summed E-state index contributed by atoms with van der Waals surface area (Å²) in [5.74, 6) is 2.16. The van der Waals surface area contributed by atoms with Crippen molar-refractivity contribution in [2.45, 2.75) is 45.0 Å². The number of halogens is 3. The molecule has 0 saturated heterocycles.